The Morgan fingerprint density at radius 2 is 1.17 bits per heavy atom. The average molecular weight is 1560 g/mol. The van der Waals surface area contributed by atoms with Crippen molar-refractivity contribution < 1.29 is 98.3 Å². The quantitative estimate of drug-likeness (QED) is 0.0276. The van der Waals surface area contributed by atoms with E-state index in [1.54, 1.807) is 61.7 Å². The maximum Gasteiger partial charge on any atom is 0.326 e. The van der Waals surface area contributed by atoms with Gasteiger partial charge in [-0.25, -0.2) is 19.4 Å². The molecule has 23 N–H and O–H groups in total. The highest BCUT2D eigenvalue weighted by atomic mass is 32.2. The minimum atomic E-state index is -1.43. The SMILES string of the molecule is CC1OC(NC(=O)CSCC(=O)N(Cc2ccc3nc(N)[nH]c(=O)c3c2)c2ccc(C(=O)N[C@@H](CCC(=O)O)C(=O)O)cc2)C(O)C1O.Nc1nc2[nH]cc(CCc3ccc(C(=O)N[C@@H](CCC(=O)O)C(=O)O)cc3)c2c(=O)[nH]1.Nc1nc2c(c(=O)[nH]1)C[C@@H](CCc1ccc(C(=O)N[C@@H](CCC(=O)O)C(=O)O)s1)CN2. The number of carboxylic acid groups (broad SMARTS) is 6. The van der Waals surface area contributed by atoms with Crippen molar-refractivity contribution in [3.05, 3.63) is 159 Å². The van der Waals surface area contributed by atoms with Crippen molar-refractivity contribution in [1.82, 2.24) is 56.2 Å². The number of carbonyl (C=O) groups excluding carboxylic acids is 5. The molecule has 1 fully saturated rings. The Kier molecular flexibility index (Phi) is 28.9. The van der Waals surface area contributed by atoms with E-state index in [0.29, 0.717) is 76.3 Å². The van der Waals surface area contributed by atoms with E-state index in [1.807, 2.05) is 6.07 Å². The zero-order chi connectivity index (χ0) is 80.2. The summed E-state index contributed by atoms with van der Waals surface area (Å²) in [6.07, 6.45) is -1.24. The standard InChI is InChI=1S/C30H34N6O11S.C20H21N5O6.C19H23N5O6S/c1-14-24(41)25(42)28(47-14)34-21(37)12-48-13-22(38)36(11-15-2-7-19-18(10-15)27(44)35-30(31)33-19)17-5-3-16(4-6-17)26(43)32-20(29(45)46)8-9-23(39)40;21-20-24-16-15(18(29)25-20)12(9-22-16)6-3-10-1-4-11(5-2-10)17(28)23-13(19(30)31)7-8-14(26)27;20-19-23-15-11(16(27)24-19)7-9(8-21-15)1-2-10-3-5-13(31-10)17(28)22-12(18(29)30)4-6-14(25)26/h2-7,10,14,20,24-25,28,41-42H,8-9,11-13H2,1H3,(H,32,43)(H,34,37)(H,39,40)(H,45,46)(H3,31,33,35,44);1-2,4-5,9,13H,3,6-8H2,(H,23,28)(H,26,27)(H,30,31)(H4,21,22,24,25,29);3,5,9,12H,1-2,4,6-8H2,(H,22,28)(H,25,26)(H,29,30)(H4,20,21,23,24,27)/t14?,20-,24?,25?,28?;13-;9-,12+/m001/s1. The molecule has 8 atom stereocenters. The van der Waals surface area contributed by atoms with Crippen molar-refractivity contribution in [2.75, 3.05) is 45.5 Å². The Bertz CT molecular complexity index is 4930. The number of hydrogen-bond donors (Lipinski definition) is 20. The van der Waals surface area contributed by atoms with Crippen LogP contribution in [0.4, 0.5) is 29.4 Å². The first-order valence-electron chi connectivity index (χ1n) is 33.7. The molecule has 5 amide bonds. The van der Waals surface area contributed by atoms with E-state index >= 15 is 0 Å². The van der Waals surface area contributed by atoms with Gasteiger partial charge in [-0.3, -0.25) is 67.7 Å². The lowest BCUT2D eigenvalue weighted by Gasteiger charge is -2.24. The van der Waals surface area contributed by atoms with Gasteiger partial charge in [-0.1, -0.05) is 18.2 Å². The second kappa shape index (κ2) is 38.3. The molecule has 1 saturated heterocycles. The molecule has 2 aliphatic rings. The van der Waals surface area contributed by atoms with Gasteiger partial charge >= 0.3 is 35.8 Å². The van der Waals surface area contributed by atoms with Gasteiger partial charge in [0.05, 0.1) is 50.9 Å². The first-order valence-corrected chi connectivity index (χ1v) is 35.7. The summed E-state index contributed by atoms with van der Waals surface area (Å²) < 4.78 is 5.34. The number of fused-ring (bicyclic) bond motifs is 3. The molecule has 8 aromatic rings. The van der Waals surface area contributed by atoms with Crippen LogP contribution < -0.4 is 65.4 Å². The highest BCUT2D eigenvalue weighted by Crippen LogP contribution is 2.28. The highest BCUT2D eigenvalue weighted by Gasteiger charge is 2.41. The molecule has 0 spiro atoms. The largest absolute Gasteiger partial charge is 0.481 e. The zero-order valence-electron chi connectivity index (χ0n) is 58.3. The molecular weight excluding hydrogens is 1480 g/mol. The summed E-state index contributed by atoms with van der Waals surface area (Å²) in [4.78, 5) is 191. The second-order valence-electron chi connectivity index (χ2n) is 25.2. The van der Waals surface area contributed by atoms with E-state index in [-0.39, 0.29) is 102 Å². The van der Waals surface area contributed by atoms with Gasteiger partial charge in [0.15, 0.2) is 6.23 Å². The Morgan fingerprint density at radius 1 is 0.627 bits per heavy atom. The lowest BCUT2D eigenvalue weighted by Crippen LogP contribution is -2.44. The molecule has 5 aromatic heterocycles. The summed E-state index contributed by atoms with van der Waals surface area (Å²) in [7, 11) is 0. The predicted molar refractivity (Wildman–Crippen MR) is 396 cm³/mol. The molecule has 41 heteroatoms. The third-order valence-corrected chi connectivity index (χ3v) is 19.3. The van der Waals surface area contributed by atoms with E-state index in [4.69, 9.17) is 42.4 Å². The average Bonchev–Trinajstić information content (AvgIpc) is 1.38. The number of nitrogens with one attached hydrogen (secondary N) is 9. The Morgan fingerprint density at radius 3 is 1.75 bits per heavy atom. The van der Waals surface area contributed by atoms with Crippen LogP contribution in [0.5, 0.6) is 0 Å². The molecule has 584 valence electrons. The number of nitrogen functional groups attached to an aromatic ring is 3. The number of hydrogen-bond acceptors (Lipinski definition) is 26. The summed E-state index contributed by atoms with van der Waals surface area (Å²) in [6.45, 7) is 2.17. The Hall–Kier alpha value is -12.6. The van der Waals surface area contributed by atoms with Gasteiger partial charge in [0.2, 0.25) is 29.7 Å². The minimum absolute atomic E-state index is 0.0351. The van der Waals surface area contributed by atoms with Crippen molar-refractivity contribution in [3.8, 4) is 0 Å². The number of aliphatic hydroxyl groups is 2. The first kappa shape index (κ1) is 83.0. The number of amides is 5. The molecular formula is C69H78N16O23S2. The number of aliphatic hydroxyl groups excluding tert-OH is 2. The number of rotatable bonds is 32. The van der Waals surface area contributed by atoms with Gasteiger partial charge in [0.25, 0.3) is 34.4 Å². The van der Waals surface area contributed by atoms with Crippen LogP contribution in [-0.2, 0) is 75.3 Å². The van der Waals surface area contributed by atoms with Crippen LogP contribution in [0.3, 0.4) is 0 Å². The number of aromatic amines is 4. The van der Waals surface area contributed by atoms with Crippen LogP contribution >= 0.6 is 23.1 Å². The molecule has 3 aromatic carbocycles. The Labute approximate surface area is 628 Å². The zero-order valence-corrected chi connectivity index (χ0v) is 60.0. The van der Waals surface area contributed by atoms with Crippen molar-refractivity contribution in [2.24, 2.45) is 5.92 Å². The van der Waals surface area contributed by atoms with E-state index in [9.17, 15) is 87.5 Å². The summed E-state index contributed by atoms with van der Waals surface area (Å²) in [6, 6.07) is 16.5. The lowest BCUT2D eigenvalue weighted by atomic mass is 9.92. The van der Waals surface area contributed by atoms with E-state index in [2.05, 4.69) is 61.5 Å². The number of thiophene rings is 1. The lowest BCUT2D eigenvalue weighted by molar-refractivity contribution is -0.142. The van der Waals surface area contributed by atoms with Crippen LogP contribution in [0.25, 0.3) is 21.9 Å². The predicted octanol–water partition coefficient (Wildman–Crippen LogP) is 0.747. The van der Waals surface area contributed by atoms with Crippen LogP contribution in [0, 0.1) is 5.92 Å². The molecule has 0 radical (unpaired) electrons. The molecule has 39 nitrogen and oxygen atoms in total. The molecule has 4 unspecified atom stereocenters. The highest BCUT2D eigenvalue weighted by molar-refractivity contribution is 8.00. The minimum Gasteiger partial charge on any atom is -0.481 e. The fourth-order valence-electron chi connectivity index (χ4n) is 11.4. The van der Waals surface area contributed by atoms with Gasteiger partial charge < -0.3 is 99.3 Å². The maximum atomic E-state index is 13.5. The van der Waals surface area contributed by atoms with Crippen LogP contribution in [-0.4, -0.2) is 202 Å². The van der Waals surface area contributed by atoms with Crippen LogP contribution in [0.15, 0.2) is 99.4 Å². The molecule has 10 rings (SSSR count). The molecule has 0 saturated carbocycles. The second-order valence-corrected chi connectivity index (χ2v) is 27.4. The van der Waals surface area contributed by atoms with Crippen molar-refractivity contribution in [1.29, 1.82) is 0 Å². The topological polar surface area (TPSA) is 653 Å². The number of anilines is 5. The van der Waals surface area contributed by atoms with Gasteiger partial charge in [-0.05, 0) is 142 Å². The number of thioether (sulfide) groups is 1. The van der Waals surface area contributed by atoms with Gasteiger partial charge in [-0.15, -0.1) is 23.1 Å². The molecule has 7 heterocycles. The summed E-state index contributed by atoms with van der Waals surface area (Å²) >= 11 is 2.24. The fraction of sp³-hybridized carbons (Fsp3) is 0.348. The summed E-state index contributed by atoms with van der Waals surface area (Å²) in [5.74, 6) is -9.91. The number of H-pyrrole nitrogens is 4. The monoisotopic (exact) mass is 1560 g/mol. The van der Waals surface area contributed by atoms with E-state index in [1.165, 1.54) is 40.5 Å². The molecule has 2 aliphatic heterocycles. The first-order chi connectivity index (χ1) is 52.2. The van der Waals surface area contributed by atoms with Crippen LogP contribution in [0.1, 0.15) is 109 Å². The number of ether oxygens (including phenoxy) is 1. The van der Waals surface area contributed by atoms with Gasteiger partial charge in [0, 0.05) is 53.7 Å². The van der Waals surface area contributed by atoms with Crippen LogP contribution in [0.2, 0.25) is 0 Å². The number of carboxylic acids is 6. The van der Waals surface area contributed by atoms with Gasteiger partial charge in [0.1, 0.15) is 41.8 Å². The van der Waals surface area contributed by atoms with Gasteiger partial charge in [-0.2, -0.15) is 9.97 Å². The molecule has 0 bridgehead atoms. The van der Waals surface area contributed by atoms with E-state index in [0.717, 1.165) is 34.2 Å². The summed E-state index contributed by atoms with van der Waals surface area (Å²) in [5, 5.41) is 87.1. The summed E-state index contributed by atoms with van der Waals surface area (Å²) in [5.41, 5.74) is 19.9. The third-order valence-electron chi connectivity index (χ3n) is 17.2. The number of carbonyl (C=O) groups is 11. The number of aromatic nitrogens is 7. The van der Waals surface area contributed by atoms with Crippen molar-refractivity contribution in [2.45, 2.75) is 127 Å². The number of aryl methyl sites for hydroxylation is 3. The number of benzene rings is 3. The normalized spacial score (nSPS) is 16.3. The molecule has 0 aliphatic carbocycles. The Balaban J connectivity index is 0.000000216. The fourth-order valence-corrected chi connectivity index (χ4v) is 13.1. The van der Waals surface area contributed by atoms with E-state index < -0.39 is 120 Å². The number of aliphatic carboxylic acids is 6. The van der Waals surface area contributed by atoms with Crippen molar-refractivity contribution >= 4 is 140 Å². The van der Waals surface area contributed by atoms with Crippen molar-refractivity contribution in [3.63, 3.8) is 0 Å². The number of nitrogens with two attached hydrogens (primary N) is 3. The smallest absolute Gasteiger partial charge is 0.326 e. The molecule has 110 heavy (non-hydrogen) atoms. The third kappa shape index (κ3) is 23.5. The maximum absolute atomic E-state index is 13.5. The number of nitrogens with zero attached hydrogens (tertiary/aromatic N) is 4.